The molecule has 1 amide bonds. The highest BCUT2D eigenvalue weighted by Gasteiger charge is 2.44. The Hall–Kier alpha value is -2.14. The van der Waals surface area contributed by atoms with E-state index in [0.717, 1.165) is 21.3 Å². The summed E-state index contributed by atoms with van der Waals surface area (Å²) in [7, 11) is 0. The summed E-state index contributed by atoms with van der Waals surface area (Å²) in [6, 6.07) is 11.3. The minimum atomic E-state index is -0.489. The van der Waals surface area contributed by atoms with Crippen molar-refractivity contribution in [3.63, 3.8) is 0 Å². The first kappa shape index (κ1) is 18.2. The number of hydrogen-bond donors (Lipinski definition) is 0. The Kier molecular flexibility index (Phi) is 4.58. The van der Waals surface area contributed by atoms with Gasteiger partial charge in [-0.25, -0.2) is 0 Å². The number of ether oxygens (including phenoxy) is 1. The molecule has 0 N–H and O–H groups in total. The van der Waals surface area contributed by atoms with Crippen molar-refractivity contribution >= 4 is 27.6 Å². The Morgan fingerprint density at radius 3 is 2.59 bits per heavy atom. The van der Waals surface area contributed by atoms with Gasteiger partial charge in [-0.2, -0.15) is 0 Å². The number of likely N-dealkylation sites (tertiary alicyclic amines) is 1. The number of fused-ring (bicyclic) bond motifs is 1. The average molecular weight is 428 g/mol. The van der Waals surface area contributed by atoms with Crippen LogP contribution in [0.3, 0.4) is 0 Å². The molecular weight excluding hydrogens is 406 g/mol. The number of amides is 1. The van der Waals surface area contributed by atoms with E-state index in [2.05, 4.69) is 15.9 Å². The summed E-state index contributed by atoms with van der Waals surface area (Å²) >= 11 is 3.42. The summed E-state index contributed by atoms with van der Waals surface area (Å²) in [5.41, 5.74) is 3.04. The molecule has 0 saturated carbocycles. The predicted octanol–water partition coefficient (Wildman–Crippen LogP) is 4.71. The number of carbonyl (C=O) groups excluding carboxylic acids is 2. The first-order valence-corrected chi connectivity index (χ1v) is 10.1. The molecule has 2 aliphatic rings. The summed E-state index contributed by atoms with van der Waals surface area (Å²) in [6.45, 7) is 5.23. The SMILES string of the molecule is Cc1ccc2c(c1C)OC1(CCN(C(=O)c3cccc(Br)c3)CC1)CC2=O. The van der Waals surface area contributed by atoms with Crippen molar-refractivity contribution in [1.82, 2.24) is 4.90 Å². The van der Waals surface area contributed by atoms with Gasteiger partial charge < -0.3 is 9.64 Å². The van der Waals surface area contributed by atoms with E-state index in [-0.39, 0.29) is 11.7 Å². The van der Waals surface area contributed by atoms with Crippen LogP contribution in [0.2, 0.25) is 0 Å². The number of piperidine rings is 1. The molecule has 5 heteroatoms. The molecule has 0 aromatic heterocycles. The fraction of sp³-hybridized carbons (Fsp3) is 0.364. The number of nitrogens with zero attached hydrogens (tertiary/aromatic N) is 1. The number of Topliss-reactive ketones (excluding diaryl/α,β-unsaturated/α-hetero) is 1. The highest BCUT2D eigenvalue weighted by atomic mass is 79.9. The largest absolute Gasteiger partial charge is 0.486 e. The maximum atomic E-state index is 12.8. The van der Waals surface area contributed by atoms with Gasteiger partial charge in [0.25, 0.3) is 5.91 Å². The molecule has 1 fully saturated rings. The van der Waals surface area contributed by atoms with E-state index < -0.39 is 5.60 Å². The second-order valence-electron chi connectivity index (χ2n) is 7.57. The maximum Gasteiger partial charge on any atom is 0.253 e. The lowest BCUT2D eigenvalue weighted by atomic mass is 9.81. The van der Waals surface area contributed by atoms with Crippen molar-refractivity contribution in [2.45, 2.75) is 38.7 Å². The molecule has 0 radical (unpaired) electrons. The van der Waals surface area contributed by atoms with Crippen LogP contribution in [0.4, 0.5) is 0 Å². The van der Waals surface area contributed by atoms with Crippen molar-refractivity contribution in [3.05, 3.63) is 63.1 Å². The van der Waals surface area contributed by atoms with E-state index in [0.29, 0.717) is 43.5 Å². The summed E-state index contributed by atoms with van der Waals surface area (Å²) < 4.78 is 7.32. The fourth-order valence-electron chi connectivity index (χ4n) is 3.98. The zero-order chi connectivity index (χ0) is 19.2. The zero-order valence-corrected chi connectivity index (χ0v) is 17.1. The number of rotatable bonds is 1. The van der Waals surface area contributed by atoms with Crippen LogP contribution in [-0.4, -0.2) is 35.3 Å². The van der Waals surface area contributed by atoms with Gasteiger partial charge in [0.1, 0.15) is 11.4 Å². The van der Waals surface area contributed by atoms with Crippen LogP contribution in [0.25, 0.3) is 0 Å². The molecule has 140 valence electrons. The third kappa shape index (κ3) is 3.29. The minimum Gasteiger partial charge on any atom is -0.486 e. The van der Waals surface area contributed by atoms with Crippen LogP contribution in [0.5, 0.6) is 5.75 Å². The Bertz CT molecular complexity index is 929. The monoisotopic (exact) mass is 427 g/mol. The van der Waals surface area contributed by atoms with Crippen LogP contribution in [0.1, 0.15) is 51.1 Å². The number of ketones is 1. The van der Waals surface area contributed by atoms with Gasteiger partial charge in [-0.05, 0) is 49.2 Å². The van der Waals surface area contributed by atoms with E-state index in [4.69, 9.17) is 4.74 Å². The summed E-state index contributed by atoms with van der Waals surface area (Å²) in [5, 5.41) is 0. The van der Waals surface area contributed by atoms with Gasteiger partial charge in [0.2, 0.25) is 0 Å². The summed E-state index contributed by atoms with van der Waals surface area (Å²) in [6.07, 6.45) is 1.73. The van der Waals surface area contributed by atoms with Crippen molar-refractivity contribution in [3.8, 4) is 5.75 Å². The molecule has 2 aromatic carbocycles. The van der Waals surface area contributed by atoms with E-state index in [1.165, 1.54) is 0 Å². The molecule has 0 atom stereocenters. The van der Waals surface area contributed by atoms with E-state index in [1.807, 2.05) is 55.1 Å². The van der Waals surface area contributed by atoms with Crippen molar-refractivity contribution < 1.29 is 14.3 Å². The number of carbonyl (C=O) groups is 2. The zero-order valence-electron chi connectivity index (χ0n) is 15.5. The topological polar surface area (TPSA) is 46.6 Å². The van der Waals surface area contributed by atoms with Crippen LogP contribution in [-0.2, 0) is 0 Å². The normalized spacial score (nSPS) is 18.2. The number of halogens is 1. The third-order valence-electron chi connectivity index (χ3n) is 5.81. The molecule has 2 aromatic rings. The van der Waals surface area contributed by atoms with Gasteiger partial charge in [-0.15, -0.1) is 0 Å². The summed E-state index contributed by atoms with van der Waals surface area (Å²) in [5.74, 6) is 0.907. The smallest absolute Gasteiger partial charge is 0.253 e. The molecule has 4 nitrogen and oxygen atoms in total. The van der Waals surface area contributed by atoms with E-state index in [9.17, 15) is 9.59 Å². The lowest BCUT2D eigenvalue weighted by molar-refractivity contribution is -0.00620. The summed E-state index contributed by atoms with van der Waals surface area (Å²) in [4.78, 5) is 27.4. The Morgan fingerprint density at radius 1 is 1.15 bits per heavy atom. The highest BCUT2D eigenvalue weighted by Crippen LogP contribution is 2.41. The van der Waals surface area contributed by atoms with E-state index in [1.54, 1.807) is 0 Å². The van der Waals surface area contributed by atoms with Gasteiger partial charge in [0.15, 0.2) is 5.78 Å². The van der Waals surface area contributed by atoms with Crippen LogP contribution in [0.15, 0.2) is 40.9 Å². The third-order valence-corrected chi connectivity index (χ3v) is 6.31. The highest BCUT2D eigenvalue weighted by molar-refractivity contribution is 9.10. The standard InChI is InChI=1S/C22H22BrNO3/c1-14-6-7-18-19(25)13-22(27-20(18)15(14)2)8-10-24(11-9-22)21(26)16-4-3-5-17(23)12-16/h3-7,12H,8-11,13H2,1-2H3. The molecule has 0 bridgehead atoms. The Morgan fingerprint density at radius 2 is 1.89 bits per heavy atom. The Labute approximate surface area is 167 Å². The van der Waals surface area contributed by atoms with Gasteiger partial charge in [-0.1, -0.05) is 28.1 Å². The van der Waals surface area contributed by atoms with Crippen molar-refractivity contribution in [1.29, 1.82) is 0 Å². The molecular formula is C22H22BrNO3. The van der Waals surface area contributed by atoms with Crippen LogP contribution >= 0.6 is 15.9 Å². The molecule has 1 spiro atoms. The fourth-order valence-corrected chi connectivity index (χ4v) is 4.38. The molecule has 4 rings (SSSR count). The number of aryl methyl sites for hydroxylation is 1. The van der Waals surface area contributed by atoms with Gasteiger partial charge in [-0.3, -0.25) is 9.59 Å². The second kappa shape index (κ2) is 6.79. The quantitative estimate of drug-likeness (QED) is 0.661. The minimum absolute atomic E-state index is 0.0284. The van der Waals surface area contributed by atoms with E-state index >= 15 is 0 Å². The molecule has 0 unspecified atom stereocenters. The molecule has 2 aliphatic heterocycles. The van der Waals surface area contributed by atoms with Crippen molar-refractivity contribution in [2.24, 2.45) is 0 Å². The lowest BCUT2D eigenvalue weighted by Gasteiger charge is -2.44. The molecule has 0 aliphatic carbocycles. The van der Waals surface area contributed by atoms with Gasteiger partial charge in [0.05, 0.1) is 12.0 Å². The van der Waals surface area contributed by atoms with Crippen molar-refractivity contribution in [2.75, 3.05) is 13.1 Å². The average Bonchev–Trinajstić information content (AvgIpc) is 2.65. The predicted molar refractivity (Wildman–Crippen MR) is 108 cm³/mol. The first-order chi connectivity index (χ1) is 12.9. The molecule has 1 saturated heterocycles. The van der Waals surface area contributed by atoms with Crippen LogP contribution in [0, 0.1) is 13.8 Å². The molecule has 27 heavy (non-hydrogen) atoms. The maximum absolute atomic E-state index is 12.8. The van der Waals surface area contributed by atoms with Gasteiger partial charge >= 0.3 is 0 Å². The number of hydrogen-bond acceptors (Lipinski definition) is 3. The second-order valence-corrected chi connectivity index (χ2v) is 8.49. The molecule has 2 heterocycles. The lowest BCUT2D eigenvalue weighted by Crippen LogP contribution is -2.52. The number of benzene rings is 2. The Balaban J connectivity index is 1.53. The first-order valence-electron chi connectivity index (χ1n) is 9.26. The van der Waals surface area contributed by atoms with Gasteiger partial charge in [0, 0.05) is 36.0 Å². The van der Waals surface area contributed by atoms with Crippen LogP contribution < -0.4 is 4.74 Å².